The van der Waals surface area contributed by atoms with E-state index in [1.807, 2.05) is 0 Å². The summed E-state index contributed by atoms with van der Waals surface area (Å²) in [6.07, 6.45) is 5.13. The first kappa shape index (κ1) is 20.1. The van der Waals surface area contributed by atoms with Gasteiger partial charge in [-0.05, 0) is 42.7 Å². The number of carbonyl (C=O) groups excluding carboxylic acids is 1. The molecule has 1 unspecified atom stereocenters. The van der Waals surface area contributed by atoms with Crippen molar-refractivity contribution >= 4 is 11.6 Å². The molecule has 2 heterocycles. The normalized spacial score (nSPS) is 24.3. The number of rotatable bonds is 5. The molecule has 2 atom stereocenters. The molecule has 150 valence electrons. The third-order valence-electron chi connectivity index (χ3n) is 6.88. The van der Waals surface area contributed by atoms with Gasteiger partial charge in [0.1, 0.15) is 5.69 Å². The average Bonchev–Trinajstić information content (AvgIpc) is 3.18. The first-order chi connectivity index (χ1) is 12.9. The summed E-state index contributed by atoms with van der Waals surface area (Å²) in [5.41, 5.74) is 1.05. The molecule has 5 nitrogen and oxygen atoms in total. The molecule has 2 aliphatic rings. The van der Waals surface area contributed by atoms with E-state index in [0.717, 1.165) is 32.1 Å². The molecular weight excluding hydrogens is 343 g/mol. The fourth-order valence-corrected chi connectivity index (χ4v) is 4.53. The number of hydrogen-bond donors (Lipinski definition) is 1. The summed E-state index contributed by atoms with van der Waals surface area (Å²) in [7, 11) is 1.52. The molecule has 1 amide bonds. The zero-order valence-electron chi connectivity index (χ0n) is 17.1. The van der Waals surface area contributed by atoms with E-state index in [0.29, 0.717) is 17.1 Å². The Morgan fingerprint density at radius 3 is 2.56 bits per heavy atom. The molecule has 1 aliphatic heterocycles. The predicted molar refractivity (Wildman–Crippen MR) is 107 cm³/mol. The quantitative estimate of drug-likeness (QED) is 0.801. The standard InChI is InChI=1S/C21H33FN4O/c1-5-21(2,3)15-6-7-16(14-15)25-10-12-26(13-11-25)18-9-8-17(20(27)23-4)24-19(18)22/h8-9,15-16H,5-7,10-14H2,1-4H3,(H,23,27)/t15?,16-/m0/s1. The number of nitrogens with zero attached hydrogens (tertiary/aromatic N) is 3. The minimum absolute atomic E-state index is 0.118. The van der Waals surface area contributed by atoms with Crippen molar-refractivity contribution in [1.82, 2.24) is 15.2 Å². The first-order valence-electron chi connectivity index (χ1n) is 10.2. The van der Waals surface area contributed by atoms with Crippen molar-refractivity contribution in [1.29, 1.82) is 0 Å². The van der Waals surface area contributed by atoms with Gasteiger partial charge in [0, 0.05) is 39.3 Å². The van der Waals surface area contributed by atoms with E-state index >= 15 is 0 Å². The summed E-state index contributed by atoms with van der Waals surface area (Å²) in [4.78, 5) is 20.1. The first-order valence-corrected chi connectivity index (χ1v) is 10.2. The zero-order chi connectivity index (χ0) is 19.6. The summed E-state index contributed by atoms with van der Waals surface area (Å²) in [5, 5.41) is 2.47. The van der Waals surface area contributed by atoms with Crippen molar-refractivity contribution in [3.05, 3.63) is 23.8 Å². The molecule has 1 N–H and O–H groups in total. The van der Waals surface area contributed by atoms with Crippen LogP contribution in [0.15, 0.2) is 12.1 Å². The number of halogens is 1. The van der Waals surface area contributed by atoms with Crippen molar-refractivity contribution in [2.75, 3.05) is 38.1 Å². The number of aromatic nitrogens is 1. The van der Waals surface area contributed by atoms with Gasteiger partial charge >= 0.3 is 0 Å². The SMILES string of the molecule is CCC(C)(C)C1CC[C@H](N2CCN(c3ccc(C(=O)NC)nc3F)CC2)C1. The van der Waals surface area contributed by atoms with Gasteiger partial charge in [-0.25, -0.2) is 4.98 Å². The maximum Gasteiger partial charge on any atom is 0.269 e. The minimum Gasteiger partial charge on any atom is -0.365 e. The molecule has 27 heavy (non-hydrogen) atoms. The lowest BCUT2D eigenvalue weighted by atomic mass is 9.76. The van der Waals surface area contributed by atoms with E-state index in [1.54, 1.807) is 12.1 Å². The van der Waals surface area contributed by atoms with Crippen LogP contribution in [0.2, 0.25) is 0 Å². The van der Waals surface area contributed by atoms with Crippen molar-refractivity contribution in [3.63, 3.8) is 0 Å². The highest BCUT2D eigenvalue weighted by molar-refractivity contribution is 5.92. The van der Waals surface area contributed by atoms with E-state index in [4.69, 9.17) is 0 Å². The van der Waals surface area contributed by atoms with Crippen LogP contribution in [0.3, 0.4) is 0 Å². The van der Waals surface area contributed by atoms with Gasteiger partial charge in [-0.3, -0.25) is 9.69 Å². The van der Waals surface area contributed by atoms with Crippen molar-refractivity contribution in [2.24, 2.45) is 11.3 Å². The maximum absolute atomic E-state index is 14.4. The minimum atomic E-state index is -0.560. The Kier molecular flexibility index (Phi) is 6.04. The summed E-state index contributed by atoms with van der Waals surface area (Å²) < 4.78 is 14.4. The summed E-state index contributed by atoms with van der Waals surface area (Å²) >= 11 is 0. The van der Waals surface area contributed by atoms with E-state index in [-0.39, 0.29) is 11.6 Å². The molecule has 2 fully saturated rings. The smallest absolute Gasteiger partial charge is 0.269 e. The van der Waals surface area contributed by atoms with Crippen LogP contribution >= 0.6 is 0 Å². The number of anilines is 1. The third kappa shape index (κ3) is 4.26. The van der Waals surface area contributed by atoms with Crippen LogP contribution in [0, 0.1) is 17.3 Å². The fraction of sp³-hybridized carbons (Fsp3) is 0.714. The highest BCUT2D eigenvalue weighted by Gasteiger charge is 2.37. The maximum atomic E-state index is 14.4. The number of pyridine rings is 1. The lowest BCUT2D eigenvalue weighted by Gasteiger charge is -2.39. The Hall–Kier alpha value is -1.69. The molecule has 0 spiro atoms. The number of carbonyl (C=O) groups is 1. The molecule has 1 aromatic rings. The topological polar surface area (TPSA) is 48.5 Å². The summed E-state index contributed by atoms with van der Waals surface area (Å²) in [6, 6.07) is 3.94. The number of hydrogen-bond acceptors (Lipinski definition) is 4. The number of amides is 1. The predicted octanol–water partition coefficient (Wildman–Crippen LogP) is 3.31. The van der Waals surface area contributed by atoms with Gasteiger partial charge in [0.2, 0.25) is 5.95 Å². The van der Waals surface area contributed by atoms with Crippen LogP contribution in [0.5, 0.6) is 0 Å². The molecule has 1 saturated heterocycles. The lowest BCUT2D eigenvalue weighted by Crippen LogP contribution is -2.50. The van der Waals surface area contributed by atoms with Crippen LogP contribution in [0.25, 0.3) is 0 Å². The van der Waals surface area contributed by atoms with E-state index < -0.39 is 5.95 Å². The number of nitrogens with one attached hydrogen (secondary N) is 1. The molecule has 0 aromatic carbocycles. The lowest BCUT2D eigenvalue weighted by molar-refractivity contribution is 0.0957. The molecular formula is C21H33FN4O. The number of piperazine rings is 1. The van der Waals surface area contributed by atoms with E-state index in [1.165, 1.54) is 32.7 Å². The Balaban J connectivity index is 1.57. The second kappa shape index (κ2) is 8.13. The molecule has 1 aromatic heterocycles. The van der Waals surface area contributed by atoms with Gasteiger partial charge in [0.05, 0.1) is 5.69 Å². The van der Waals surface area contributed by atoms with Crippen LogP contribution < -0.4 is 10.2 Å². The third-order valence-corrected chi connectivity index (χ3v) is 6.88. The monoisotopic (exact) mass is 376 g/mol. The molecule has 1 aliphatic carbocycles. The van der Waals surface area contributed by atoms with Gasteiger partial charge in [0.25, 0.3) is 5.91 Å². The molecule has 6 heteroatoms. The molecule has 3 rings (SSSR count). The van der Waals surface area contributed by atoms with Crippen LogP contribution in [-0.2, 0) is 0 Å². The zero-order valence-corrected chi connectivity index (χ0v) is 17.1. The Labute approximate surface area is 162 Å². The molecule has 1 saturated carbocycles. The van der Waals surface area contributed by atoms with Gasteiger partial charge in [-0.2, -0.15) is 4.39 Å². The second-order valence-corrected chi connectivity index (χ2v) is 8.61. The van der Waals surface area contributed by atoms with Crippen molar-refractivity contribution in [2.45, 2.75) is 52.5 Å². The van der Waals surface area contributed by atoms with Crippen molar-refractivity contribution < 1.29 is 9.18 Å². The fourth-order valence-electron chi connectivity index (χ4n) is 4.53. The van der Waals surface area contributed by atoms with E-state index in [2.05, 4.69) is 40.9 Å². The van der Waals surface area contributed by atoms with Crippen LogP contribution in [0.4, 0.5) is 10.1 Å². The van der Waals surface area contributed by atoms with Crippen LogP contribution in [0.1, 0.15) is 56.9 Å². The second-order valence-electron chi connectivity index (χ2n) is 8.61. The van der Waals surface area contributed by atoms with Crippen molar-refractivity contribution in [3.8, 4) is 0 Å². The Morgan fingerprint density at radius 1 is 1.26 bits per heavy atom. The largest absolute Gasteiger partial charge is 0.365 e. The summed E-state index contributed by atoms with van der Waals surface area (Å²) in [6.45, 7) is 10.6. The van der Waals surface area contributed by atoms with Gasteiger partial charge in [-0.1, -0.05) is 27.2 Å². The highest BCUT2D eigenvalue weighted by atomic mass is 19.1. The Morgan fingerprint density at radius 2 is 1.96 bits per heavy atom. The highest BCUT2D eigenvalue weighted by Crippen LogP contribution is 2.43. The molecule has 0 radical (unpaired) electrons. The molecule has 0 bridgehead atoms. The average molecular weight is 377 g/mol. The van der Waals surface area contributed by atoms with Gasteiger partial charge < -0.3 is 10.2 Å². The van der Waals surface area contributed by atoms with Crippen LogP contribution in [-0.4, -0.2) is 55.1 Å². The summed E-state index contributed by atoms with van der Waals surface area (Å²) in [5.74, 6) is -0.115. The van der Waals surface area contributed by atoms with Gasteiger partial charge in [-0.15, -0.1) is 0 Å². The van der Waals surface area contributed by atoms with Gasteiger partial charge in [0.15, 0.2) is 0 Å². The van der Waals surface area contributed by atoms with E-state index in [9.17, 15) is 9.18 Å². The Bertz CT molecular complexity index is 670.